The number of ether oxygens (including phenoxy) is 1. The molecule has 1 aliphatic heterocycles. The van der Waals surface area contributed by atoms with Crippen LogP contribution in [0.25, 0.3) is 0 Å². The highest BCUT2D eigenvalue weighted by Crippen LogP contribution is 2.34. The third-order valence-electron chi connectivity index (χ3n) is 6.69. The normalized spacial score (nSPS) is 17.9. The molecule has 1 saturated heterocycles. The fourth-order valence-corrected chi connectivity index (χ4v) is 4.51. The second-order valence-corrected chi connectivity index (χ2v) is 9.42. The predicted octanol–water partition coefficient (Wildman–Crippen LogP) is 3.78. The van der Waals surface area contributed by atoms with E-state index in [-0.39, 0.29) is 54.6 Å². The number of amides is 2. The molecule has 1 N–H and O–H groups in total. The van der Waals surface area contributed by atoms with Gasteiger partial charge in [-0.1, -0.05) is 37.1 Å². The first-order chi connectivity index (χ1) is 17.7. The van der Waals surface area contributed by atoms with Crippen LogP contribution in [0.15, 0.2) is 42.5 Å². The smallest absolute Gasteiger partial charge is 0.328 e. The largest absolute Gasteiger partial charge is 0.459 e. The summed E-state index contributed by atoms with van der Waals surface area (Å²) in [5.74, 6) is -3.21. The van der Waals surface area contributed by atoms with Crippen LogP contribution in [-0.2, 0) is 32.3 Å². The quantitative estimate of drug-likeness (QED) is 0.276. The van der Waals surface area contributed by atoms with Crippen LogP contribution in [0.3, 0.4) is 0 Å². The van der Waals surface area contributed by atoms with E-state index in [0.29, 0.717) is 12.8 Å². The lowest BCUT2D eigenvalue weighted by Crippen LogP contribution is -2.44. The molecule has 0 aromatic heterocycles. The van der Waals surface area contributed by atoms with Crippen molar-refractivity contribution in [2.45, 2.75) is 63.8 Å². The molecule has 0 spiro atoms. The molecule has 37 heavy (non-hydrogen) atoms. The van der Waals surface area contributed by atoms with Gasteiger partial charge in [0.25, 0.3) is 5.69 Å². The second-order valence-electron chi connectivity index (χ2n) is 9.42. The van der Waals surface area contributed by atoms with Crippen LogP contribution in [0.1, 0.15) is 49.7 Å². The van der Waals surface area contributed by atoms with Gasteiger partial charge >= 0.3 is 5.97 Å². The summed E-state index contributed by atoms with van der Waals surface area (Å²) in [4.78, 5) is 50.1. The molecular formula is C26H27F2N3O6. The van der Waals surface area contributed by atoms with Crippen molar-refractivity contribution < 1.29 is 32.8 Å². The predicted molar refractivity (Wildman–Crippen MR) is 127 cm³/mol. The first-order valence-corrected chi connectivity index (χ1v) is 12.1. The maximum Gasteiger partial charge on any atom is 0.328 e. The number of hydrogen-bond acceptors (Lipinski definition) is 6. The molecule has 1 heterocycles. The van der Waals surface area contributed by atoms with Crippen molar-refractivity contribution in [1.82, 2.24) is 10.2 Å². The van der Waals surface area contributed by atoms with Crippen molar-refractivity contribution in [3.8, 4) is 0 Å². The zero-order chi connectivity index (χ0) is 26.5. The second kappa shape index (κ2) is 11.4. The number of nitro groups is 1. The van der Waals surface area contributed by atoms with Gasteiger partial charge in [-0.2, -0.15) is 0 Å². The monoisotopic (exact) mass is 515 g/mol. The van der Waals surface area contributed by atoms with E-state index >= 15 is 0 Å². The zero-order valence-corrected chi connectivity index (χ0v) is 20.0. The van der Waals surface area contributed by atoms with Gasteiger partial charge in [-0.3, -0.25) is 19.7 Å². The average molecular weight is 516 g/mol. The van der Waals surface area contributed by atoms with Gasteiger partial charge in [0.15, 0.2) is 11.6 Å². The van der Waals surface area contributed by atoms with Crippen LogP contribution < -0.4 is 5.32 Å². The van der Waals surface area contributed by atoms with E-state index in [1.165, 1.54) is 35.2 Å². The fourth-order valence-electron chi connectivity index (χ4n) is 4.51. The topological polar surface area (TPSA) is 119 Å². The lowest BCUT2D eigenvalue weighted by atomic mass is 10.1. The number of carbonyl (C=O) groups excluding carboxylic acids is 3. The van der Waals surface area contributed by atoms with Crippen molar-refractivity contribution in [1.29, 1.82) is 0 Å². The minimum Gasteiger partial charge on any atom is -0.459 e. The Labute approximate surface area is 211 Å². The molecule has 11 heteroatoms. The van der Waals surface area contributed by atoms with E-state index in [9.17, 15) is 33.3 Å². The van der Waals surface area contributed by atoms with Crippen LogP contribution in [0, 0.1) is 27.7 Å². The molecule has 1 aliphatic carbocycles. The SMILES string of the molecule is O=C(C[C@@H]1CCC(=O)N1Cc1cccc(F)c1F)N[C@@H](CC1CC1)C(=O)OCc1ccccc1[N+](=O)[O-]. The first kappa shape index (κ1) is 26.2. The highest BCUT2D eigenvalue weighted by Gasteiger charge is 2.36. The number of nitrogens with zero attached hydrogens (tertiary/aromatic N) is 2. The third kappa shape index (κ3) is 6.66. The number of benzene rings is 2. The Hall–Kier alpha value is -3.89. The lowest BCUT2D eigenvalue weighted by Gasteiger charge is -2.26. The summed E-state index contributed by atoms with van der Waals surface area (Å²) in [5.41, 5.74) is 0.0895. The Morgan fingerprint density at radius 3 is 2.57 bits per heavy atom. The van der Waals surface area contributed by atoms with Gasteiger partial charge in [-0.25, -0.2) is 13.6 Å². The third-order valence-corrected chi connectivity index (χ3v) is 6.69. The average Bonchev–Trinajstić information content (AvgIpc) is 3.63. The maximum atomic E-state index is 14.1. The van der Waals surface area contributed by atoms with Crippen molar-refractivity contribution in [3.05, 3.63) is 75.3 Å². The first-order valence-electron chi connectivity index (χ1n) is 12.1. The minimum absolute atomic E-state index is 0.0193. The van der Waals surface area contributed by atoms with Gasteiger partial charge in [0.1, 0.15) is 12.6 Å². The Kier molecular flexibility index (Phi) is 8.10. The van der Waals surface area contributed by atoms with Crippen LogP contribution in [0.2, 0.25) is 0 Å². The molecule has 1 saturated carbocycles. The summed E-state index contributed by atoms with van der Waals surface area (Å²) < 4.78 is 33.1. The molecule has 196 valence electrons. The molecule has 2 atom stereocenters. The molecule has 0 radical (unpaired) electrons. The maximum absolute atomic E-state index is 14.1. The Balaban J connectivity index is 1.37. The van der Waals surface area contributed by atoms with Crippen LogP contribution in [0.5, 0.6) is 0 Å². The standard InChI is InChI=1S/C26H27F2N3O6/c27-20-6-3-5-17(25(20)28)14-30-19(10-11-24(30)33)13-23(32)29-21(12-16-8-9-16)26(34)37-15-18-4-1-2-7-22(18)31(35)36/h1-7,16,19,21H,8-15H2,(H,29,32)/t19-,21-/m0/s1. The highest BCUT2D eigenvalue weighted by atomic mass is 19.2. The number of esters is 1. The van der Waals surface area contributed by atoms with E-state index in [0.717, 1.165) is 18.9 Å². The summed E-state index contributed by atoms with van der Waals surface area (Å²) in [7, 11) is 0. The lowest BCUT2D eigenvalue weighted by molar-refractivity contribution is -0.385. The van der Waals surface area contributed by atoms with Crippen molar-refractivity contribution >= 4 is 23.5 Å². The van der Waals surface area contributed by atoms with Crippen molar-refractivity contribution in [2.75, 3.05) is 0 Å². The number of nitro benzene ring substituents is 1. The molecule has 2 aromatic carbocycles. The number of nitrogens with one attached hydrogen (secondary N) is 1. The number of hydrogen-bond donors (Lipinski definition) is 1. The molecule has 0 bridgehead atoms. The fraction of sp³-hybridized carbons (Fsp3) is 0.423. The van der Waals surface area contributed by atoms with E-state index in [2.05, 4.69) is 5.32 Å². The summed E-state index contributed by atoms with van der Waals surface area (Å²) in [6, 6.07) is 8.19. The van der Waals surface area contributed by atoms with Gasteiger partial charge in [0, 0.05) is 37.1 Å². The molecule has 2 aromatic rings. The van der Waals surface area contributed by atoms with Gasteiger partial charge < -0.3 is 15.0 Å². The van der Waals surface area contributed by atoms with Gasteiger partial charge in [-0.05, 0) is 30.9 Å². The summed E-state index contributed by atoms with van der Waals surface area (Å²) in [6.07, 6.45) is 2.67. The number of likely N-dealkylation sites (tertiary alicyclic amines) is 1. The number of para-hydroxylation sites is 1. The van der Waals surface area contributed by atoms with Crippen molar-refractivity contribution in [3.63, 3.8) is 0 Å². The Morgan fingerprint density at radius 1 is 1.11 bits per heavy atom. The molecule has 2 fully saturated rings. The highest BCUT2D eigenvalue weighted by molar-refractivity contribution is 5.86. The van der Waals surface area contributed by atoms with E-state index in [1.54, 1.807) is 6.07 Å². The van der Waals surface area contributed by atoms with E-state index in [4.69, 9.17) is 4.74 Å². The van der Waals surface area contributed by atoms with Gasteiger partial charge in [0.05, 0.1) is 10.5 Å². The van der Waals surface area contributed by atoms with Crippen molar-refractivity contribution in [2.24, 2.45) is 5.92 Å². The van der Waals surface area contributed by atoms with Gasteiger partial charge in [0.2, 0.25) is 11.8 Å². The van der Waals surface area contributed by atoms with Gasteiger partial charge in [-0.15, -0.1) is 0 Å². The van der Waals surface area contributed by atoms with E-state index < -0.39 is 40.5 Å². The number of carbonyl (C=O) groups is 3. The summed E-state index contributed by atoms with van der Waals surface area (Å²) in [6.45, 7) is -0.471. The summed E-state index contributed by atoms with van der Waals surface area (Å²) >= 11 is 0. The number of rotatable bonds is 11. The molecule has 2 amide bonds. The summed E-state index contributed by atoms with van der Waals surface area (Å²) in [5, 5.41) is 13.9. The van der Waals surface area contributed by atoms with Crippen LogP contribution >= 0.6 is 0 Å². The van der Waals surface area contributed by atoms with Crippen LogP contribution in [0.4, 0.5) is 14.5 Å². The minimum atomic E-state index is -1.03. The Bertz CT molecular complexity index is 1200. The molecule has 9 nitrogen and oxygen atoms in total. The molecule has 2 aliphatic rings. The zero-order valence-electron chi connectivity index (χ0n) is 20.0. The molecule has 4 rings (SSSR count). The molecule has 0 unspecified atom stereocenters. The Morgan fingerprint density at radius 2 is 1.84 bits per heavy atom. The van der Waals surface area contributed by atoms with E-state index in [1.807, 2.05) is 0 Å². The molecular weight excluding hydrogens is 488 g/mol. The number of halogens is 2. The van der Waals surface area contributed by atoms with Crippen LogP contribution in [-0.4, -0.2) is 39.7 Å².